The van der Waals surface area contributed by atoms with E-state index in [0.717, 1.165) is 61.2 Å². The van der Waals surface area contributed by atoms with E-state index in [4.69, 9.17) is 0 Å². The Balaban J connectivity index is 1.65. The van der Waals surface area contributed by atoms with Crippen LogP contribution in [-0.2, 0) is 0 Å². The van der Waals surface area contributed by atoms with Gasteiger partial charge in [0.2, 0.25) is 0 Å². The average Bonchev–Trinajstić information content (AvgIpc) is 2.94. The fraction of sp³-hybridized carbons (Fsp3) is 0.189. The Kier molecular flexibility index (Phi) is 7.51. The van der Waals surface area contributed by atoms with Crippen LogP contribution in [0.3, 0.4) is 0 Å². The summed E-state index contributed by atoms with van der Waals surface area (Å²) in [6, 6.07) is 29.8. The number of hydrogen-bond acceptors (Lipinski definition) is 4. The van der Waals surface area contributed by atoms with Gasteiger partial charge in [0, 0.05) is 11.8 Å². The van der Waals surface area contributed by atoms with Crippen molar-refractivity contribution in [2.24, 2.45) is 0 Å². The lowest BCUT2D eigenvalue weighted by molar-refractivity contribution is 0.466. The van der Waals surface area contributed by atoms with Gasteiger partial charge in [0.15, 0.2) is 0 Å². The lowest BCUT2D eigenvalue weighted by Gasteiger charge is -2.24. The summed E-state index contributed by atoms with van der Waals surface area (Å²) in [5.74, 6) is 0.882. The third kappa shape index (κ3) is 5.51. The van der Waals surface area contributed by atoms with Crippen LogP contribution >= 0.6 is 0 Å². The summed E-state index contributed by atoms with van der Waals surface area (Å²) in [6.07, 6.45) is 0. The summed E-state index contributed by atoms with van der Waals surface area (Å²) < 4.78 is 0. The van der Waals surface area contributed by atoms with Crippen molar-refractivity contribution >= 4 is 0 Å². The maximum atomic E-state index is 10.5. The molecule has 4 N–H and O–H groups in total. The molecule has 1 atom stereocenters. The molecule has 0 aromatic heterocycles. The molecule has 4 heteroatoms. The molecule has 5 aromatic rings. The third-order valence-electron chi connectivity index (χ3n) is 8.11. The molecule has 0 aliphatic heterocycles. The predicted molar refractivity (Wildman–Crippen MR) is 164 cm³/mol. The van der Waals surface area contributed by atoms with Crippen molar-refractivity contribution in [3.8, 4) is 23.0 Å². The summed E-state index contributed by atoms with van der Waals surface area (Å²) in [5.41, 5.74) is 10.5. The second-order valence-corrected chi connectivity index (χ2v) is 11.2. The minimum Gasteiger partial charge on any atom is -0.508 e. The van der Waals surface area contributed by atoms with E-state index in [0.29, 0.717) is 5.75 Å². The monoisotopic (exact) mass is 544 g/mol. The highest BCUT2D eigenvalue weighted by Crippen LogP contribution is 2.40. The van der Waals surface area contributed by atoms with E-state index in [1.165, 1.54) is 0 Å². The quantitative estimate of drug-likeness (QED) is 0.162. The topological polar surface area (TPSA) is 80.9 Å². The van der Waals surface area contributed by atoms with E-state index in [1.807, 2.05) is 83.1 Å². The minimum absolute atomic E-state index is 0.102. The predicted octanol–water partition coefficient (Wildman–Crippen LogP) is 8.41. The lowest BCUT2D eigenvalue weighted by atomic mass is 9.80. The zero-order valence-corrected chi connectivity index (χ0v) is 24.1. The highest BCUT2D eigenvalue weighted by Gasteiger charge is 2.22. The van der Waals surface area contributed by atoms with Crippen LogP contribution in [0.2, 0.25) is 0 Å². The van der Waals surface area contributed by atoms with Gasteiger partial charge in [-0.3, -0.25) is 0 Å². The average molecular weight is 545 g/mol. The van der Waals surface area contributed by atoms with Crippen LogP contribution in [0, 0.1) is 34.6 Å². The van der Waals surface area contributed by atoms with Crippen molar-refractivity contribution in [2.45, 2.75) is 46.5 Å². The highest BCUT2D eigenvalue weighted by molar-refractivity contribution is 5.54. The summed E-state index contributed by atoms with van der Waals surface area (Å²) in [4.78, 5) is 0. The first-order valence-corrected chi connectivity index (χ1v) is 13.8. The standard InChI is InChI=1S/C37H36O4/c1-21-16-28(10-13-32(21)38)35(29-11-14-33(39)22(2)17-29)26-6-8-27(9-7-26)36(30-12-15-34(40)23(3)18-30)31-19-24(4)37(41)25(5)20-31/h6-20,35-36,38-41H,1-5H3. The Morgan fingerprint density at radius 1 is 0.341 bits per heavy atom. The fourth-order valence-electron chi connectivity index (χ4n) is 5.77. The third-order valence-corrected chi connectivity index (χ3v) is 8.11. The van der Waals surface area contributed by atoms with E-state index >= 15 is 0 Å². The number of aryl methyl sites for hydroxylation is 5. The zero-order valence-electron chi connectivity index (χ0n) is 24.1. The molecule has 0 saturated carbocycles. The van der Waals surface area contributed by atoms with Gasteiger partial charge in [-0.1, -0.05) is 72.8 Å². The molecular weight excluding hydrogens is 508 g/mol. The van der Waals surface area contributed by atoms with Gasteiger partial charge in [-0.25, -0.2) is 0 Å². The van der Waals surface area contributed by atoms with Gasteiger partial charge in [-0.2, -0.15) is 0 Å². The van der Waals surface area contributed by atoms with Crippen molar-refractivity contribution in [1.82, 2.24) is 0 Å². The van der Waals surface area contributed by atoms with Gasteiger partial charge < -0.3 is 20.4 Å². The first-order chi connectivity index (χ1) is 19.5. The fourth-order valence-corrected chi connectivity index (χ4v) is 5.77. The van der Waals surface area contributed by atoms with Crippen molar-refractivity contribution in [3.05, 3.63) is 152 Å². The Hall–Kier alpha value is -4.70. The number of phenolic OH excluding ortho intramolecular Hbond substituents is 4. The van der Waals surface area contributed by atoms with Crippen LogP contribution in [0.25, 0.3) is 0 Å². The van der Waals surface area contributed by atoms with Gasteiger partial charge in [-0.15, -0.1) is 0 Å². The molecule has 0 spiro atoms. The zero-order chi connectivity index (χ0) is 29.4. The van der Waals surface area contributed by atoms with Crippen LogP contribution < -0.4 is 0 Å². The largest absolute Gasteiger partial charge is 0.508 e. The van der Waals surface area contributed by atoms with E-state index in [9.17, 15) is 20.4 Å². The molecule has 0 aliphatic rings. The lowest BCUT2D eigenvalue weighted by Crippen LogP contribution is -2.07. The van der Waals surface area contributed by atoms with Crippen LogP contribution in [-0.4, -0.2) is 20.4 Å². The van der Waals surface area contributed by atoms with Crippen LogP contribution in [0.4, 0.5) is 0 Å². The molecule has 0 aliphatic carbocycles. The summed E-state index contributed by atoms with van der Waals surface area (Å²) >= 11 is 0. The summed E-state index contributed by atoms with van der Waals surface area (Å²) in [7, 11) is 0. The number of benzene rings is 5. The number of hydrogen-bond donors (Lipinski definition) is 4. The molecule has 0 fully saturated rings. The molecule has 0 amide bonds. The van der Waals surface area contributed by atoms with E-state index in [2.05, 4.69) is 24.3 Å². The van der Waals surface area contributed by atoms with Crippen LogP contribution in [0.1, 0.15) is 73.0 Å². The smallest absolute Gasteiger partial charge is 0.121 e. The van der Waals surface area contributed by atoms with Gasteiger partial charge in [0.1, 0.15) is 23.0 Å². The van der Waals surface area contributed by atoms with Crippen molar-refractivity contribution in [1.29, 1.82) is 0 Å². The molecule has 5 rings (SSSR count). The van der Waals surface area contributed by atoms with Crippen molar-refractivity contribution in [3.63, 3.8) is 0 Å². The Morgan fingerprint density at radius 2 is 0.610 bits per heavy atom. The van der Waals surface area contributed by atoms with Gasteiger partial charge >= 0.3 is 0 Å². The second-order valence-electron chi connectivity index (χ2n) is 11.2. The number of aromatic hydroxyl groups is 4. The number of rotatable bonds is 6. The molecule has 0 radical (unpaired) electrons. The maximum Gasteiger partial charge on any atom is 0.121 e. The summed E-state index contributed by atoms with van der Waals surface area (Å²) in [6.45, 7) is 9.52. The van der Waals surface area contributed by atoms with Crippen molar-refractivity contribution < 1.29 is 20.4 Å². The SMILES string of the molecule is Cc1cc(C(c2ccc(C(c3ccc(O)c(C)c3)c3cc(C)c(O)c(C)c3)cc2)c2ccc(O)c(C)c2)ccc1O. The van der Waals surface area contributed by atoms with Gasteiger partial charge in [0.05, 0.1) is 0 Å². The molecule has 1 unspecified atom stereocenters. The van der Waals surface area contributed by atoms with Crippen LogP contribution in [0.15, 0.2) is 91.0 Å². The molecule has 0 heterocycles. The van der Waals surface area contributed by atoms with Gasteiger partial charge in [0.25, 0.3) is 0 Å². The highest BCUT2D eigenvalue weighted by atomic mass is 16.3. The van der Waals surface area contributed by atoms with E-state index in [1.54, 1.807) is 18.2 Å². The molecule has 208 valence electrons. The first kappa shape index (κ1) is 27.9. The molecular formula is C37H36O4. The Bertz CT molecular complexity index is 1660. The molecule has 41 heavy (non-hydrogen) atoms. The van der Waals surface area contributed by atoms with Crippen LogP contribution in [0.5, 0.6) is 23.0 Å². The Morgan fingerprint density at radius 3 is 0.927 bits per heavy atom. The summed E-state index contributed by atoms with van der Waals surface area (Å²) in [5, 5.41) is 41.0. The molecule has 5 aromatic carbocycles. The maximum absolute atomic E-state index is 10.5. The van der Waals surface area contributed by atoms with E-state index < -0.39 is 0 Å². The second kappa shape index (κ2) is 11.1. The molecule has 4 nitrogen and oxygen atoms in total. The normalized spacial score (nSPS) is 12.0. The van der Waals surface area contributed by atoms with Gasteiger partial charge in [-0.05, 0) is 114 Å². The minimum atomic E-state index is -0.105. The number of phenols is 4. The van der Waals surface area contributed by atoms with Crippen molar-refractivity contribution in [2.75, 3.05) is 0 Å². The molecule has 0 bridgehead atoms. The van der Waals surface area contributed by atoms with E-state index in [-0.39, 0.29) is 29.1 Å². The Labute approximate surface area is 241 Å². The first-order valence-electron chi connectivity index (χ1n) is 13.8. The molecule has 0 saturated heterocycles.